The van der Waals surface area contributed by atoms with Gasteiger partial charge in [-0.05, 0) is 43.7 Å². The molecule has 0 amide bonds. The first kappa shape index (κ1) is 18.1. The van der Waals surface area contributed by atoms with E-state index < -0.39 is 0 Å². The molecule has 1 aromatic carbocycles. The Morgan fingerprint density at radius 3 is 2.58 bits per heavy atom. The van der Waals surface area contributed by atoms with E-state index in [9.17, 15) is 5.11 Å². The van der Waals surface area contributed by atoms with Crippen molar-refractivity contribution in [2.24, 2.45) is 0 Å². The van der Waals surface area contributed by atoms with Crippen LogP contribution in [-0.4, -0.2) is 32.7 Å². The van der Waals surface area contributed by atoms with Gasteiger partial charge in [0.15, 0.2) is 0 Å². The van der Waals surface area contributed by atoms with E-state index in [2.05, 4.69) is 25.6 Å². The van der Waals surface area contributed by atoms with Gasteiger partial charge in [0, 0.05) is 30.1 Å². The molecule has 26 heavy (non-hydrogen) atoms. The van der Waals surface area contributed by atoms with Gasteiger partial charge in [0.2, 0.25) is 5.95 Å². The molecule has 2 heterocycles. The minimum atomic E-state index is -0.168. The average molecular weight is 370 g/mol. The lowest BCUT2D eigenvalue weighted by molar-refractivity contribution is 0.281. The van der Waals surface area contributed by atoms with E-state index in [0.717, 1.165) is 22.5 Å². The average Bonchev–Trinajstić information content (AvgIpc) is 2.64. The summed E-state index contributed by atoms with van der Waals surface area (Å²) >= 11 is 6.32. The van der Waals surface area contributed by atoms with Crippen molar-refractivity contribution in [2.75, 3.05) is 17.2 Å². The standard InChI is InChI=1S/C19H20ClN5O/c1-12-3-4-16(15(20)9-12)23-18-10-17(14-5-7-21-8-6-14)24-19(25-18)22-13(2)11-26/h3-10,13,26H,11H2,1-2H3,(H2,22,23,24,25)/t13-/m0/s1. The number of anilines is 3. The molecule has 0 radical (unpaired) electrons. The second-order valence-electron chi connectivity index (χ2n) is 6.03. The van der Waals surface area contributed by atoms with Crippen molar-refractivity contribution in [2.45, 2.75) is 19.9 Å². The van der Waals surface area contributed by atoms with E-state index in [-0.39, 0.29) is 12.6 Å². The fourth-order valence-electron chi connectivity index (χ4n) is 2.37. The molecule has 6 nitrogen and oxygen atoms in total. The Kier molecular flexibility index (Phi) is 5.65. The molecule has 0 fully saturated rings. The van der Waals surface area contributed by atoms with Gasteiger partial charge in [-0.3, -0.25) is 4.98 Å². The van der Waals surface area contributed by atoms with Crippen LogP contribution < -0.4 is 10.6 Å². The minimum absolute atomic E-state index is 0.0185. The molecule has 3 rings (SSSR count). The van der Waals surface area contributed by atoms with E-state index in [1.54, 1.807) is 12.4 Å². The van der Waals surface area contributed by atoms with Gasteiger partial charge >= 0.3 is 0 Å². The lowest BCUT2D eigenvalue weighted by Crippen LogP contribution is -2.21. The summed E-state index contributed by atoms with van der Waals surface area (Å²) < 4.78 is 0. The summed E-state index contributed by atoms with van der Waals surface area (Å²) in [6, 6.07) is 11.2. The van der Waals surface area contributed by atoms with Crippen molar-refractivity contribution < 1.29 is 5.11 Å². The Bertz CT molecular complexity index is 888. The maximum Gasteiger partial charge on any atom is 0.225 e. The molecule has 0 aliphatic carbocycles. The summed E-state index contributed by atoms with van der Waals surface area (Å²) in [5, 5.41) is 16.2. The van der Waals surface area contributed by atoms with Crippen molar-refractivity contribution in [1.29, 1.82) is 0 Å². The number of aryl methyl sites for hydroxylation is 1. The zero-order valence-electron chi connectivity index (χ0n) is 14.6. The van der Waals surface area contributed by atoms with Crippen molar-refractivity contribution in [3.63, 3.8) is 0 Å². The number of halogens is 1. The summed E-state index contributed by atoms with van der Waals surface area (Å²) in [5.41, 5.74) is 3.50. The van der Waals surface area contributed by atoms with Crippen molar-refractivity contribution in [3.05, 3.63) is 59.4 Å². The van der Waals surface area contributed by atoms with Crippen LogP contribution in [0.3, 0.4) is 0 Å². The van der Waals surface area contributed by atoms with Crippen molar-refractivity contribution >= 4 is 29.1 Å². The lowest BCUT2D eigenvalue weighted by atomic mass is 10.2. The first-order valence-electron chi connectivity index (χ1n) is 8.25. The molecule has 0 unspecified atom stereocenters. The second-order valence-corrected chi connectivity index (χ2v) is 6.44. The third kappa shape index (κ3) is 4.47. The van der Waals surface area contributed by atoms with Crippen LogP contribution in [-0.2, 0) is 0 Å². The van der Waals surface area contributed by atoms with Crippen LogP contribution >= 0.6 is 11.6 Å². The highest BCUT2D eigenvalue weighted by molar-refractivity contribution is 6.33. The molecule has 2 aromatic heterocycles. The molecule has 0 bridgehead atoms. The molecular formula is C19H20ClN5O. The molecular weight excluding hydrogens is 350 g/mol. The predicted octanol–water partition coefficient (Wildman–Crippen LogP) is 4.04. The van der Waals surface area contributed by atoms with Gasteiger partial charge in [0.25, 0.3) is 0 Å². The fourth-order valence-corrected chi connectivity index (χ4v) is 2.65. The highest BCUT2D eigenvalue weighted by Gasteiger charge is 2.10. The maximum absolute atomic E-state index is 9.29. The summed E-state index contributed by atoms with van der Waals surface area (Å²) in [7, 11) is 0. The molecule has 3 N–H and O–H groups in total. The number of hydrogen-bond donors (Lipinski definition) is 3. The number of benzene rings is 1. The summed E-state index contributed by atoms with van der Waals surface area (Å²) in [5.74, 6) is 1.02. The molecule has 0 saturated heterocycles. The van der Waals surface area contributed by atoms with Gasteiger partial charge in [0.1, 0.15) is 5.82 Å². The Morgan fingerprint density at radius 2 is 1.88 bits per heavy atom. The van der Waals surface area contributed by atoms with Gasteiger partial charge < -0.3 is 15.7 Å². The monoisotopic (exact) mass is 369 g/mol. The van der Waals surface area contributed by atoms with E-state index in [0.29, 0.717) is 16.8 Å². The molecule has 7 heteroatoms. The van der Waals surface area contributed by atoms with Crippen LogP contribution in [0, 0.1) is 6.92 Å². The number of aliphatic hydroxyl groups is 1. The molecule has 134 valence electrons. The highest BCUT2D eigenvalue weighted by Crippen LogP contribution is 2.28. The van der Waals surface area contributed by atoms with Crippen LogP contribution in [0.2, 0.25) is 5.02 Å². The molecule has 0 aliphatic heterocycles. The third-order valence-corrected chi connectivity index (χ3v) is 4.05. The Balaban J connectivity index is 1.98. The summed E-state index contributed by atoms with van der Waals surface area (Å²) in [6.07, 6.45) is 3.43. The highest BCUT2D eigenvalue weighted by atomic mass is 35.5. The van der Waals surface area contributed by atoms with Crippen LogP contribution in [0.5, 0.6) is 0 Å². The fraction of sp³-hybridized carbons (Fsp3) is 0.211. The van der Waals surface area contributed by atoms with Crippen LogP contribution in [0.15, 0.2) is 48.8 Å². The molecule has 0 saturated carbocycles. The van der Waals surface area contributed by atoms with E-state index in [1.165, 1.54) is 0 Å². The number of nitrogens with zero attached hydrogens (tertiary/aromatic N) is 3. The Morgan fingerprint density at radius 1 is 1.12 bits per heavy atom. The van der Waals surface area contributed by atoms with Crippen LogP contribution in [0.4, 0.5) is 17.5 Å². The van der Waals surface area contributed by atoms with Gasteiger partial charge in [-0.1, -0.05) is 17.7 Å². The minimum Gasteiger partial charge on any atom is -0.394 e. The maximum atomic E-state index is 9.29. The topological polar surface area (TPSA) is 83.0 Å². The molecule has 0 aliphatic rings. The summed E-state index contributed by atoms with van der Waals surface area (Å²) in [4.78, 5) is 13.1. The molecule has 0 spiro atoms. The van der Waals surface area contributed by atoms with Gasteiger partial charge in [-0.2, -0.15) is 4.98 Å². The number of rotatable bonds is 6. The van der Waals surface area contributed by atoms with Crippen LogP contribution in [0.1, 0.15) is 12.5 Å². The van der Waals surface area contributed by atoms with E-state index in [1.807, 2.05) is 50.2 Å². The van der Waals surface area contributed by atoms with Gasteiger partial charge in [-0.15, -0.1) is 0 Å². The van der Waals surface area contributed by atoms with Crippen LogP contribution in [0.25, 0.3) is 11.3 Å². The quantitative estimate of drug-likeness (QED) is 0.608. The van der Waals surface area contributed by atoms with Gasteiger partial charge in [0.05, 0.1) is 23.0 Å². The van der Waals surface area contributed by atoms with E-state index >= 15 is 0 Å². The Labute approximate surface area is 157 Å². The first-order chi connectivity index (χ1) is 12.5. The zero-order valence-corrected chi connectivity index (χ0v) is 15.3. The second kappa shape index (κ2) is 8.12. The lowest BCUT2D eigenvalue weighted by Gasteiger charge is -2.15. The van der Waals surface area contributed by atoms with Gasteiger partial charge in [-0.25, -0.2) is 4.98 Å². The number of aromatic nitrogens is 3. The number of pyridine rings is 1. The van der Waals surface area contributed by atoms with Crippen molar-refractivity contribution in [3.8, 4) is 11.3 Å². The normalized spacial score (nSPS) is 11.8. The molecule has 1 atom stereocenters. The first-order valence-corrected chi connectivity index (χ1v) is 8.63. The van der Waals surface area contributed by atoms with E-state index in [4.69, 9.17) is 11.6 Å². The number of hydrogen-bond acceptors (Lipinski definition) is 6. The third-order valence-electron chi connectivity index (χ3n) is 3.74. The smallest absolute Gasteiger partial charge is 0.225 e. The number of aliphatic hydroxyl groups excluding tert-OH is 1. The summed E-state index contributed by atoms with van der Waals surface area (Å²) in [6.45, 7) is 3.82. The Hall–Kier alpha value is -2.70. The number of nitrogens with one attached hydrogen (secondary N) is 2. The predicted molar refractivity (Wildman–Crippen MR) is 105 cm³/mol. The largest absolute Gasteiger partial charge is 0.394 e. The SMILES string of the molecule is Cc1ccc(Nc2cc(-c3ccncc3)nc(N[C@@H](C)CO)n2)c(Cl)c1. The molecule has 3 aromatic rings. The van der Waals surface area contributed by atoms with Crippen molar-refractivity contribution in [1.82, 2.24) is 15.0 Å². The zero-order chi connectivity index (χ0) is 18.5.